The molecule has 1 saturated carbocycles. The molecule has 0 radical (unpaired) electrons. The van der Waals surface area contributed by atoms with Crippen molar-refractivity contribution in [3.63, 3.8) is 0 Å². The summed E-state index contributed by atoms with van der Waals surface area (Å²) in [5.74, 6) is 1.02. The third-order valence-corrected chi connectivity index (χ3v) is 4.52. The number of hydrogen-bond acceptors (Lipinski definition) is 3. The Bertz CT molecular complexity index is 452. The lowest BCUT2D eigenvalue weighted by molar-refractivity contribution is -0.0536. The number of benzene rings is 1. The predicted octanol–water partition coefficient (Wildman–Crippen LogP) is 2.97. The van der Waals surface area contributed by atoms with Gasteiger partial charge in [-0.2, -0.15) is 0 Å². The maximum atomic E-state index is 6.55. The van der Waals surface area contributed by atoms with Crippen molar-refractivity contribution < 1.29 is 9.47 Å². The number of ether oxygens (including phenoxy) is 2. The standard InChI is InChI=1S/C16H23NO2/c1-2-19-16(8-3-4-9-16)15(17)13-5-6-14-12(11-13)7-10-18-14/h5-6,11,15H,2-4,7-10,17H2,1H3. The molecule has 1 aromatic carbocycles. The van der Waals surface area contributed by atoms with Crippen LogP contribution in [0.25, 0.3) is 0 Å². The van der Waals surface area contributed by atoms with Crippen molar-refractivity contribution in [2.75, 3.05) is 13.2 Å². The van der Waals surface area contributed by atoms with Gasteiger partial charge in [-0.05, 0) is 37.0 Å². The highest BCUT2D eigenvalue weighted by Crippen LogP contribution is 2.42. The molecule has 3 heteroatoms. The average molecular weight is 261 g/mol. The van der Waals surface area contributed by atoms with Crippen LogP contribution >= 0.6 is 0 Å². The van der Waals surface area contributed by atoms with E-state index in [1.807, 2.05) is 0 Å². The molecule has 3 rings (SSSR count). The number of nitrogens with two attached hydrogens (primary N) is 1. The summed E-state index contributed by atoms with van der Waals surface area (Å²) in [5.41, 5.74) is 8.88. The second-order valence-electron chi connectivity index (χ2n) is 5.65. The highest BCUT2D eigenvalue weighted by Gasteiger charge is 2.41. The van der Waals surface area contributed by atoms with E-state index in [0.717, 1.165) is 38.2 Å². The largest absolute Gasteiger partial charge is 0.493 e. The molecule has 1 aromatic rings. The summed E-state index contributed by atoms with van der Waals surface area (Å²) < 4.78 is 11.6. The zero-order valence-corrected chi connectivity index (χ0v) is 11.7. The summed E-state index contributed by atoms with van der Waals surface area (Å²) in [6.45, 7) is 3.59. The van der Waals surface area contributed by atoms with E-state index < -0.39 is 0 Å². The van der Waals surface area contributed by atoms with Gasteiger partial charge in [0.05, 0.1) is 18.2 Å². The van der Waals surface area contributed by atoms with Crippen LogP contribution in [0.3, 0.4) is 0 Å². The molecule has 0 spiro atoms. The normalized spacial score (nSPS) is 22.0. The lowest BCUT2D eigenvalue weighted by atomic mass is 9.86. The van der Waals surface area contributed by atoms with Crippen LogP contribution in [0, 0.1) is 0 Å². The zero-order valence-electron chi connectivity index (χ0n) is 11.7. The molecule has 0 amide bonds. The van der Waals surface area contributed by atoms with Crippen molar-refractivity contribution in [1.29, 1.82) is 0 Å². The Balaban J connectivity index is 1.87. The summed E-state index contributed by atoms with van der Waals surface area (Å²) in [4.78, 5) is 0. The molecule has 1 fully saturated rings. The third kappa shape index (κ3) is 2.26. The third-order valence-electron chi connectivity index (χ3n) is 4.52. The van der Waals surface area contributed by atoms with Crippen LogP contribution in [0.1, 0.15) is 49.8 Å². The molecule has 0 aromatic heterocycles. The first-order valence-corrected chi connectivity index (χ1v) is 7.40. The monoisotopic (exact) mass is 261 g/mol. The molecule has 1 heterocycles. The molecule has 1 unspecified atom stereocenters. The fourth-order valence-corrected chi connectivity index (χ4v) is 3.51. The molecule has 1 aliphatic carbocycles. The summed E-state index contributed by atoms with van der Waals surface area (Å²) in [6.07, 6.45) is 5.60. The Morgan fingerprint density at radius 1 is 1.37 bits per heavy atom. The van der Waals surface area contributed by atoms with Gasteiger partial charge < -0.3 is 15.2 Å². The van der Waals surface area contributed by atoms with Gasteiger partial charge >= 0.3 is 0 Å². The van der Waals surface area contributed by atoms with Gasteiger partial charge in [-0.15, -0.1) is 0 Å². The van der Waals surface area contributed by atoms with Crippen LogP contribution < -0.4 is 10.5 Å². The summed E-state index contributed by atoms with van der Waals surface area (Å²) in [7, 11) is 0. The van der Waals surface area contributed by atoms with E-state index in [1.54, 1.807) is 0 Å². The highest BCUT2D eigenvalue weighted by molar-refractivity contribution is 5.41. The van der Waals surface area contributed by atoms with Gasteiger partial charge in [0.25, 0.3) is 0 Å². The van der Waals surface area contributed by atoms with Crippen LogP contribution in [0.15, 0.2) is 18.2 Å². The minimum atomic E-state index is -0.150. The minimum Gasteiger partial charge on any atom is -0.493 e. The minimum absolute atomic E-state index is 0.0270. The Morgan fingerprint density at radius 3 is 2.89 bits per heavy atom. The predicted molar refractivity (Wildman–Crippen MR) is 75.4 cm³/mol. The topological polar surface area (TPSA) is 44.5 Å². The van der Waals surface area contributed by atoms with Crippen LogP contribution in [-0.2, 0) is 11.2 Å². The Hall–Kier alpha value is -1.06. The quantitative estimate of drug-likeness (QED) is 0.906. The molecule has 1 aliphatic heterocycles. The van der Waals surface area contributed by atoms with Gasteiger partial charge in [0, 0.05) is 13.0 Å². The van der Waals surface area contributed by atoms with Crippen molar-refractivity contribution in [3.8, 4) is 5.75 Å². The van der Waals surface area contributed by atoms with Gasteiger partial charge in [-0.3, -0.25) is 0 Å². The summed E-state index contributed by atoms with van der Waals surface area (Å²) in [5, 5.41) is 0. The van der Waals surface area contributed by atoms with E-state index in [2.05, 4.69) is 25.1 Å². The molecule has 0 saturated heterocycles. The van der Waals surface area contributed by atoms with Crippen molar-refractivity contribution in [2.45, 2.75) is 50.7 Å². The molecule has 3 nitrogen and oxygen atoms in total. The van der Waals surface area contributed by atoms with Gasteiger partial charge in [-0.25, -0.2) is 0 Å². The average Bonchev–Trinajstić information content (AvgIpc) is 3.06. The number of fused-ring (bicyclic) bond motifs is 1. The van der Waals surface area contributed by atoms with Crippen LogP contribution in [0.4, 0.5) is 0 Å². The molecule has 104 valence electrons. The fraction of sp³-hybridized carbons (Fsp3) is 0.625. The molecule has 2 aliphatic rings. The van der Waals surface area contributed by atoms with Gasteiger partial charge in [-0.1, -0.05) is 25.0 Å². The molecule has 19 heavy (non-hydrogen) atoms. The molecular formula is C16H23NO2. The number of rotatable bonds is 4. The fourth-order valence-electron chi connectivity index (χ4n) is 3.51. The lowest BCUT2D eigenvalue weighted by Gasteiger charge is -2.35. The highest BCUT2D eigenvalue weighted by atomic mass is 16.5. The van der Waals surface area contributed by atoms with Crippen LogP contribution in [-0.4, -0.2) is 18.8 Å². The van der Waals surface area contributed by atoms with Crippen molar-refractivity contribution in [3.05, 3.63) is 29.3 Å². The van der Waals surface area contributed by atoms with E-state index in [1.165, 1.54) is 24.0 Å². The Kier molecular flexibility index (Phi) is 3.50. The SMILES string of the molecule is CCOC1(C(N)c2ccc3c(c2)CCO3)CCCC1. The van der Waals surface area contributed by atoms with Crippen LogP contribution in [0.5, 0.6) is 5.75 Å². The first-order chi connectivity index (χ1) is 9.25. The molecule has 1 atom stereocenters. The van der Waals surface area contributed by atoms with E-state index >= 15 is 0 Å². The summed E-state index contributed by atoms with van der Waals surface area (Å²) in [6, 6.07) is 6.35. The second kappa shape index (κ2) is 5.14. The van der Waals surface area contributed by atoms with E-state index in [9.17, 15) is 0 Å². The van der Waals surface area contributed by atoms with Gasteiger partial charge in [0.1, 0.15) is 5.75 Å². The van der Waals surface area contributed by atoms with Crippen molar-refractivity contribution in [2.24, 2.45) is 5.73 Å². The van der Waals surface area contributed by atoms with Crippen molar-refractivity contribution >= 4 is 0 Å². The van der Waals surface area contributed by atoms with Crippen molar-refractivity contribution in [1.82, 2.24) is 0 Å². The molecule has 2 N–H and O–H groups in total. The molecular weight excluding hydrogens is 238 g/mol. The Morgan fingerprint density at radius 2 is 2.16 bits per heavy atom. The van der Waals surface area contributed by atoms with E-state index in [0.29, 0.717) is 0 Å². The molecule has 0 bridgehead atoms. The smallest absolute Gasteiger partial charge is 0.122 e. The van der Waals surface area contributed by atoms with E-state index in [4.69, 9.17) is 15.2 Å². The zero-order chi connectivity index (χ0) is 13.3. The van der Waals surface area contributed by atoms with Crippen LogP contribution in [0.2, 0.25) is 0 Å². The van der Waals surface area contributed by atoms with E-state index in [-0.39, 0.29) is 11.6 Å². The summed E-state index contributed by atoms with van der Waals surface area (Å²) >= 11 is 0. The maximum absolute atomic E-state index is 6.55. The van der Waals surface area contributed by atoms with Gasteiger partial charge in [0.2, 0.25) is 0 Å². The number of hydrogen-bond donors (Lipinski definition) is 1. The van der Waals surface area contributed by atoms with Gasteiger partial charge in [0.15, 0.2) is 0 Å². The maximum Gasteiger partial charge on any atom is 0.122 e. The second-order valence-corrected chi connectivity index (χ2v) is 5.65. The first-order valence-electron chi connectivity index (χ1n) is 7.40. The lowest BCUT2D eigenvalue weighted by Crippen LogP contribution is -2.41. The first kappa shape index (κ1) is 12.9. The Labute approximate surface area is 115 Å².